The zero-order valence-electron chi connectivity index (χ0n) is 13.5. The Labute approximate surface area is 138 Å². The molecule has 0 saturated heterocycles. The van der Waals surface area contributed by atoms with E-state index in [-0.39, 0.29) is 15.3 Å². The van der Waals surface area contributed by atoms with Gasteiger partial charge in [0.1, 0.15) is 0 Å². The monoisotopic (exact) mass is 360 g/mol. The molecule has 0 spiro atoms. The Bertz CT molecular complexity index is 780. The largest absolute Gasteiger partial charge is 0.382 e. The second kappa shape index (κ2) is 6.41. The minimum atomic E-state index is -3.56. The van der Waals surface area contributed by atoms with Crippen molar-refractivity contribution in [2.45, 2.75) is 47.4 Å². The molecule has 6 nitrogen and oxygen atoms in total. The molecule has 130 valence electrons. The molecule has 3 N–H and O–H groups in total. The van der Waals surface area contributed by atoms with E-state index < -0.39 is 19.7 Å². The lowest BCUT2D eigenvalue weighted by molar-refractivity contribution is 0.311. The first-order valence-corrected chi connectivity index (χ1v) is 11.4. The number of hydrogen-bond donors (Lipinski definition) is 2. The van der Waals surface area contributed by atoms with E-state index in [4.69, 9.17) is 5.73 Å². The van der Waals surface area contributed by atoms with Crippen molar-refractivity contribution in [1.82, 2.24) is 0 Å². The van der Waals surface area contributed by atoms with Crippen LogP contribution in [-0.4, -0.2) is 41.4 Å². The van der Waals surface area contributed by atoms with Crippen molar-refractivity contribution >= 4 is 25.4 Å². The molecule has 0 radical (unpaired) electrons. The third-order valence-electron chi connectivity index (χ3n) is 4.26. The number of anilines is 1. The molecule has 1 aromatic carbocycles. The van der Waals surface area contributed by atoms with Gasteiger partial charge in [0.25, 0.3) is 0 Å². The van der Waals surface area contributed by atoms with Crippen molar-refractivity contribution in [1.29, 1.82) is 0 Å². The van der Waals surface area contributed by atoms with Crippen molar-refractivity contribution in [2.24, 2.45) is 5.73 Å². The molecule has 0 aliphatic heterocycles. The van der Waals surface area contributed by atoms with Crippen molar-refractivity contribution in [3.8, 4) is 0 Å². The third-order valence-corrected chi connectivity index (χ3v) is 6.51. The Morgan fingerprint density at radius 1 is 1.04 bits per heavy atom. The summed E-state index contributed by atoms with van der Waals surface area (Å²) in [6.07, 6.45) is 7.24. The fourth-order valence-corrected chi connectivity index (χ4v) is 4.49. The fraction of sp³-hybridized carbons (Fsp3) is 0.600. The Hall–Kier alpha value is -1.12. The van der Waals surface area contributed by atoms with Gasteiger partial charge in [-0.2, -0.15) is 0 Å². The molecule has 0 bridgehead atoms. The molecule has 0 amide bonds. The molecule has 8 heteroatoms. The van der Waals surface area contributed by atoms with Gasteiger partial charge in [-0.05, 0) is 31.0 Å². The van der Waals surface area contributed by atoms with Gasteiger partial charge in [0.05, 0.1) is 15.5 Å². The van der Waals surface area contributed by atoms with Gasteiger partial charge in [0, 0.05) is 24.6 Å². The van der Waals surface area contributed by atoms with E-state index in [0.29, 0.717) is 12.2 Å². The summed E-state index contributed by atoms with van der Waals surface area (Å²) < 4.78 is 47.3. The second-order valence-electron chi connectivity index (χ2n) is 6.48. The standard InChI is InChI=1S/C15H24N2O4S2/c1-22(18,19)12-6-7-13(14(10-12)23(2,20)21)17-11-15(16)8-4-3-5-9-15/h6-7,10,17H,3-5,8-9,11,16H2,1-2H3. The topological polar surface area (TPSA) is 106 Å². The highest BCUT2D eigenvalue weighted by Crippen LogP contribution is 2.29. The van der Waals surface area contributed by atoms with Crippen molar-refractivity contribution < 1.29 is 16.8 Å². The summed E-state index contributed by atoms with van der Waals surface area (Å²) in [5.74, 6) is 0. The second-order valence-corrected chi connectivity index (χ2v) is 10.5. The highest BCUT2D eigenvalue weighted by Gasteiger charge is 2.28. The van der Waals surface area contributed by atoms with Gasteiger partial charge in [-0.1, -0.05) is 19.3 Å². The van der Waals surface area contributed by atoms with Crippen LogP contribution in [0.3, 0.4) is 0 Å². The Kier molecular flexibility index (Phi) is 5.08. The average molecular weight is 361 g/mol. The first-order chi connectivity index (χ1) is 10.5. The quantitative estimate of drug-likeness (QED) is 0.825. The summed E-state index contributed by atoms with van der Waals surface area (Å²) in [7, 11) is -7.02. The Morgan fingerprint density at radius 3 is 2.17 bits per heavy atom. The molecule has 0 aromatic heterocycles. The number of nitrogens with one attached hydrogen (secondary N) is 1. The summed E-state index contributed by atoms with van der Waals surface area (Å²) >= 11 is 0. The molecule has 1 aliphatic rings. The average Bonchev–Trinajstić information content (AvgIpc) is 2.44. The van der Waals surface area contributed by atoms with Crippen molar-refractivity contribution in [3.05, 3.63) is 18.2 Å². The zero-order valence-corrected chi connectivity index (χ0v) is 15.1. The van der Waals surface area contributed by atoms with Crippen LogP contribution in [0.2, 0.25) is 0 Å². The van der Waals surface area contributed by atoms with E-state index in [1.807, 2.05) is 0 Å². The number of sulfone groups is 2. The van der Waals surface area contributed by atoms with Gasteiger partial charge in [0.2, 0.25) is 0 Å². The van der Waals surface area contributed by atoms with Crippen LogP contribution in [0, 0.1) is 0 Å². The molecule has 0 atom stereocenters. The van der Waals surface area contributed by atoms with Crippen molar-refractivity contribution in [3.63, 3.8) is 0 Å². The first-order valence-electron chi connectivity index (χ1n) is 7.58. The van der Waals surface area contributed by atoms with Gasteiger partial charge in [-0.3, -0.25) is 0 Å². The number of benzene rings is 1. The minimum absolute atomic E-state index is 0.0106. The van der Waals surface area contributed by atoms with Gasteiger partial charge >= 0.3 is 0 Å². The summed E-state index contributed by atoms with van der Waals surface area (Å²) in [6.45, 7) is 0.466. The van der Waals surface area contributed by atoms with E-state index >= 15 is 0 Å². The van der Waals surface area contributed by atoms with Crippen LogP contribution in [0.25, 0.3) is 0 Å². The zero-order chi connectivity index (χ0) is 17.3. The Balaban J connectivity index is 2.31. The SMILES string of the molecule is CS(=O)(=O)c1ccc(NCC2(N)CCCCC2)c(S(C)(=O)=O)c1. The molecule has 23 heavy (non-hydrogen) atoms. The van der Waals surface area contributed by atoms with E-state index in [0.717, 1.165) is 38.2 Å². The van der Waals surface area contributed by atoms with Gasteiger partial charge in [-0.25, -0.2) is 16.8 Å². The lowest BCUT2D eigenvalue weighted by Crippen LogP contribution is -2.47. The molecule has 2 rings (SSSR count). The van der Waals surface area contributed by atoms with Crippen LogP contribution in [-0.2, 0) is 19.7 Å². The van der Waals surface area contributed by atoms with Crippen molar-refractivity contribution in [2.75, 3.05) is 24.4 Å². The van der Waals surface area contributed by atoms with Crippen LogP contribution in [0.4, 0.5) is 5.69 Å². The van der Waals surface area contributed by atoms with E-state index in [2.05, 4.69) is 5.32 Å². The maximum absolute atomic E-state index is 12.0. The van der Waals surface area contributed by atoms with Crippen LogP contribution in [0.1, 0.15) is 32.1 Å². The maximum Gasteiger partial charge on any atom is 0.177 e. The summed E-state index contributed by atoms with van der Waals surface area (Å²) in [6, 6.07) is 4.12. The van der Waals surface area contributed by atoms with Crippen LogP contribution >= 0.6 is 0 Å². The summed E-state index contributed by atoms with van der Waals surface area (Å²) in [5, 5.41) is 3.11. The van der Waals surface area contributed by atoms with Crippen LogP contribution in [0.15, 0.2) is 28.0 Å². The molecule has 0 unspecified atom stereocenters. The normalized spacial score (nSPS) is 18.6. The molecule has 0 heterocycles. The third kappa shape index (κ3) is 4.68. The highest BCUT2D eigenvalue weighted by atomic mass is 32.2. The lowest BCUT2D eigenvalue weighted by atomic mass is 9.82. The summed E-state index contributed by atoms with van der Waals surface area (Å²) in [4.78, 5) is -0.0246. The van der Waals surface area contributed by atoms with Gasteiger partial charge < -0.3 is 11.1 Å². The molecule has 1 aromatic rings. The Morgan fingerprint density at radius 2 is 1.65 bits per heavy atom. The highest BCUT2D eigenvalue weighted by molar-refractivity contribution is 7.91. The number of nitrogens with two attached hydrogens (primary N) is 1. The van der Waals surface area contributed by atoms with E-state index in [1.54, 1.807) is 0 Å². The van der Waals surface area contributed by atoms with Crippen LogP contribution < -0.4 is 11.1 Å². The summed E-state index contributed by atoms with van der Waals surface area (Å²) in [5.41, 5.74) is 6.41. The predicted molar refractivity (Wildman–Crippen MR) is 91.2 cm³/mol. The number of rotatable bonds is 5. The number of hydrogen-bond acceptors (Lipinski definition) is 6. The minimum Gasteiger partial charge on any atom is -0.382 e. The van der Waals surface area contributed by atoms with E-state index in [1.165, 1.54) is 24.6 Å². The van der Waals surface area contributed by atoms with Gasteiger partial charge in [-0.15, -0.1) is 0 Å². The molecule has 1 fully saturated rings. The first kappa shape index (κ1) is 18.2. The smallest absolute Gasteiger partial charge is 0.177 e. The molecular formula is C15H24N2O4S2. The van der Waals surface area contributed by atoms with E-state index in [9.17, 15) is 16.8 Å². The van der Waals surface area contributed by atoms with Gasteiger partial charge in [0.15, 0.2) is 19.7 Å². The molecule has 1 aliphatic carbocycles. The maximum atomic E-state index is 12.0. The van der Waals surface area contributed by atoms with Crippen LogP contribution in [0.5, 0.6) is 0 Å². The lowest BCUT2D eigenvalue weighted by Gasteiger charge is -2.34. The molecular weight excluding hydrogens is 336 g/mol. The predicted octanol–water partition coefficient (Wildman–Crippen LogP) is 1.57. The fourth-order valence-electron chi connectivity index (χ4n) is 2.89. The molecule has 1 saturated carbocycles.